The van der Waals surface area contributed by atoms with Gasteiger partial charge in [0, 0.05) is 36.5 Å². The van der Waals surface area contributed by atoms with Gasteiger partial charge in [0.15, 0.2) is 0 Å². The Kier molecular flexibility index (Phi) is 55.2. The average Bonchev–Trinajstić information content (AvgIpc) is 0.918. The summed E-state index contributed by atoms with van der Waals surface area (Å²) in [5.41, 5.74) is 0. The SMILES string of the molecule is C[CH2][AlH2].[Mn].[Zn]. The first-order valence-electron chi connectivity index (χ1n) is 1.41. The summed E-state index contributed by atoms with van der Waals surface area (Å²) in [6.07, 6.45) is 0. The van der Waals surface area contributed by atoms with Crippen LogP contribution in [-0.2, 0) is 36.5 Å². The molecule has 3 heteroatoms. The summed E-state index contributed by atoms with van der Waals surface area (Å²) in [7, 11) is 0. The topological polar surface area (TPSA) is 0 Å². The van der Waals surface area contributed by atoms with Gasteiger partial charge >= 0.3 is 0 Å². The van der Waals surface area contributed by atoms with E-state index < -0.39 is 0 Å². The molecule has 0 aliphatic heterocycles. The van der Waals surface area contributed by atoms with Crippen LogP contribution in [-0.4, -0.2) is 16.3 Å². The summed E-state index contributed by atoms with van der Waals surface area (Å²) in [4.78, 5) is 0. The third-order valence-corrected chi connectivity index (χ3v) is 0. The molecule has 0 aromatic heterocycles. The van der Waals surface area contributed by atoms with Crippen molar-refractivity contribution in [3.8, 4) is 0 Å². The van der Waals surface area contributed by atoms with Gasteiger partial charge in [0.2, 0.25) is 16.3 Å². The van der Waals surface area contributed by atoms with E-state index in [0.29, 0.717) is 0 Å². The van der Waals surface area contributed by atoms with Crippen LogP contribution in [0.3, 0.4) is 0 Å². The van der Waals surface area contributed by atoms with Crippen LogP contribution in [0.15, 0.2) is 0 Å². The van der Waals surface area contributed by atoms with Gasteiger partial charge in [-0.2, -0.15) is 0 Å². The number of rotatable bonds is 0. The minimum atomic E-state index is 0. The van der Waals surface area contributed by atoms with Crippen LogP contribution in [0.1, 0.15) is 6.92 Å². The fourth-order valence-electron chi connectivity index (χ4n) is 0. The van der Waals surface area contributed by atoms with E-state index in [0.717, 1.165) is 0 Å². The molecular formula is C2H7AlMnZn. The largest absolute Gasteiger partial charge is 0.211 e. The minimum Gasteiger partial charge on any atom is -0.104 e. The van der Waals surface area contributed by atoms with Crippen molar-refractivity contribution in [2.24, 2.45) is 0 Å². The van der Waals surface area contributed by atoms with Gasteiger partial charge in [-0.25, -0.2) is 0 Å². The van der Waals surface area contributed by atoms with Crippen LogP contribution >= 0.6 is 0 Å². The van der Waals surface area contributed by atoms with E-state index in [1.54, 1.807) is 0 Å². The van der Waals surface area contributed by atoms with E-state index in [-0.39, 0.29) is 36.5 Å². The van der Waals surface area contributed by atoms with E-state index in [4.69, 9.17) is 0 Å². The van der Waals surface area contributed by atoms with Crippen LogP contribution in [0.25, 0.3) is 0 Å². The fraction of sp³-hybridized carbons (Fsp3) is 1.00. The van der Waals surface area contributed by atoms with Crippen molar-refractivity contribution >= 4 is 16.3 Å². The first kappa shape index (κ1) is 15.9. The zero-order chi connectivity index (χ0) is 2.71. The molecule has 0 amide bonds. The maximum atomic E-state index is 2.19. The predicted octanol–water partition coefficient (Wildman–Crippen LogP) is 0.0527. The molecule has 0 fully saturated rings. The van der Waals surface area contributed by atoms with Crippen molar-refractivity contribution in [2.75, 3.05) is 0 Å². The van der Waals surface area contributed by atoms with Gasteiger partial charge in [0.25, 0.3) is 0 Å². The molecule has 0 saturated heterocycles. The summed E-state index contributed by atoms with van der Waals surface area (Å²) in [5, 5.41) is 1.39. The van der Waals surface area contributed by atoms with Crippen molar-refractivity contribution in [3.05, 3.63) is 0 Å². The molecule has 0 heterocycles. The molecule has 0 unspecified atom stereocenters. The van der Waals surface area contributed by atoms with Crippen molar-refractivity contribution in [3.63, 3.8) is 0 Å². The van der Waals surface area contributed by atoms with E-state index >= 15 is 0 Å². The molecule has 0 aromatic carbocycles. The van der Waals surface area contributed by atoms with Gasteiger partial charge in [-0.3, -0.25) is 0 Å². The predicted molar refractivity (Wildman–Crippen MR) is 19.0 cm³/mol. The normalized spacial score (nSPS) is 3.40. The molecule has 0 nitrogen and oxygen atoms in total. The molecule has 27 valence electrons. The zero-order valence-corrected chi connectivity index (χ0v) is 9.94. The smallest absolute Gasteiger partial charge is 0.104 e. The Balaban J connectivity index is -0.0000000200. The zero-order valence-electron chi connectivity index (χ0n) is 3.79. The molecule has 0 rings (SSSR count). The quantitative estimate of drug-likeness (QED) is 0.460. The van der Waals surface area contributed by atoms with Crippen LogP contribution in [0.4, 0.5) is 0 Å². The summed E-state index contributed by atoms with van der Waals surface area (Å²) >= 11 is 1.37. The summed E-state index contributed by atoms with van der Waals surface area (Å²) < 4.78 is 0. The molecule has 0 aliphatic carbocycles. The van der Waals surface area contributed by atoms with Crippen LogP contribution in [0.2, 0.25) is 5.28 Å². The van der Waals surface area contributed by atoms with E-state index in [2.05, 4.69) is 6.92 Å². The maximum Gasteiger partial charge on any atom is 0.211 e. The fourth-order valence-corrected chi connectivity index (χ4v) is 0. The number of hydrogen-bond donors (Lipinski definition) is 0. The van der Waals surface area contributed by atoms with Crippen molar-refractivity contribution in [2.45, 2.75) is 12.2 Å². The molecule has 0 saturated carbocycles. The van der Waals surface area contributed by atoms with Gasteiger partial charge in [0.1, 0.15) is 0 Å². The molecule has 1 radical (unpaired) electrons. The second kappa shape index (κ2) is 17.3. The van der Waals surface area contributed by atoms with E-state index in [1.807, 2.05) is 0 Å². The summed E-state index contributed by atoms with van der Waals surface area (Å²) in [5.74, 6) is 0. The molecule has 0 aliphatic rings. The maximum absolute atomic E-state index is 2.19. The molecular weight excluding hydrogens is 171 g/mol. The molecule has 0 bridgehead atoms. The minimum absolute atomic E-state index is 0. The summed E-state index contributed by atoms with van der Waals surface area (Å²) in [6, 6.07) is 0. The van der Waals surface area contributed by atoms with Crippen LogP contribution in [0.5, 0.6) is 0 Å². The molecule has 0 N–H and O–H groups in total. The Labute approximate surface area is 64.7 Å². The van der Waals surface area contributed by atoms with Crippen LogP contribution in [0, 0.1) is 0 Å². The summed E-state index contributed by atoms with van der Waals surface area (Å²) in [6.45, 7) is 2.19. The Hall–Kier alpha value is 1.68. The van der Waals surface area contributed by atoms with Gasteiger partial charge < -0.3 is 0 Å². The third kappa shape index (κ3) is 27.3. The number of hydrogen-bond acceptors (Lipinski definition) is 0. The molecule has 0 atom stereocenters. The first-order valence-corrected chi connectivity index (χ1v) is 2.83. The Bertz CT molecular complexity index is 9.61. The van der Waals surface area contributed by atoms with Crippen LogP contribution < -0.4 is 0 Å². The Morgan fingerprint density at radius 3 is 1.60 bits per heavy atom. The van der Waals surface area contributed by atoms with Crippen molar-refractivity contribution < 1.29 is 36.5 Å². The third-order valence-electron chi connectivity index (χ3n) is 0. The van der Waals surface area contributed by atoms with Crippen molar-refractivity contribution in [1.29, 1.82) is 0 Å². The molecule has 5 heavy (non-hydrogen) atoms. The standard InChI is InChI=1S/C2H5.Al.Mn.Zn.2H/c1-2;;;;;/h1H2,2H3;;;;;. The monoisotopic (exact) mass is 177 g/mol. The molecule has 0 aromatic rings. The first-order chi connectivity index (χ1) is 1.41. The second-order valence-corrected chi connectivity index (χ2v) is 2.12. The second-order valence-electron chi connectivity index (χ2n) is 0.707. The van der Waals surface area contributed by atoms with E-state index in [9.17, 15) is 0 Å². The molecule has 0 spiro atoms. The van der Waals surface area contributed by atoms with E-state index in [1.165, 1.54) is 21.6 Å². The van der Waals surface area contributed by atoms with Gasteiger partial charge in [0.05, 0.1) is 0 Å². The van der Waals surface area contributed by atoms with Crippen molar-refractivity contribution in [1.82, 2.24) is 0 Å². The van der Waals surface area contributed by atoms with Gasteiger partial charge in [-0.1, -0.05) is 6.92 Å². The van der Waals surface area contributed by atoms with Gasteiger partial charge in [-0.15, -0.1) is 5.28 Å². The average molecular weight is 178 g/mol. The Morgan fingerprint density at radius 2 is 1.60 bits per heavy atom. The van der Waals surface area contributed by atoms with Gasteiger partial charge in [-0.05, 0) is 0 Å². The Morgan fingerprint density at radius 1 is 1.60 bits per heavy atom.